The maximum absolute atomic E-state index is 11.7. The van der Waals surface area contributed by atoms with Gasteiger partial charge in [0.2, 0.25) is 5.91 Å². The number of hydrogen-bond donors (Lipinski definition) is 2. The van der Waals surface area contributed by atoms with Crippen LogP contribution in [0.2, 0.25) is 0 Å². The molecule has 0 aliphatic heterocycles. The standard InChI is InChI=1S/C8H15F3N2O2/c1-6(12-3-4-15-2)7(14)13-5-8(9,10)11/h6,12H,3-5H2,1-2H3,(H,13,14). The molecule has 0 saturated carbocycles. The predicted octanol–water partition coefficient (Wildman–Crippen LogP) is 0.289. The van der Waals surface area contributed by atoms with E-state index in [-0.39, 0.29) is 0 Å². The molecule has 0 bridgehead atoms. The third-order valence-electron chi connectivity index (χ3n) is 1.61. The summed E-state index contributed by atoms with van der Waals surface area (Å²) in [6, 6.07) is -0.664. The molecule has 0 fully saturated rings. The molecule has 2 N–H and O–H groups in total. The van der Waals surface area contributed by atoms with Crippen molar-refractivity contribution in [1.82, 2.24) is 10.6 Å². The normalized spacial score (nSPS) is 13.7. The van der Waals surface area contributed by atoms with Crippen molar-refractivity contribution in [1.29, 1.82) is 0 Å². The molecule has 0 aromatic heterocycles. The van der Waals surface area contributed by atoms with E-state index < -0.39 is 24.7 Å². The number of nitrogens with one attached hydrogen (secondary N) is 2. The first kappa shape index (κ1) is 14.2. The van der Waals surface area contributed by atoms with E-state index >= 15 is 0 Å². The van der Waals surface area contributed by atoms with Gasteiger partial charge in [-0.25, -0.2) is 0 Å². The van der Waals surface area contributed by atoms with Crippen molar-refractivity contribution in [2.45, 2.75) is 19.1 Å². The van der Waals surface area contributed by atoms with Crippen molar-refractivity contribution in [2.75, 3.05) is 26.8 Å². The Balaban J connectivity index is 3.70. The molecule has 1 atom stereocenters. The molecule has 90 valence electrons. The van der Waals surface area contributed by atoms with Crippen LogP contribution in [-0.4, -0.2) is 44.9 Å². The summed E-state index contributed by atoms with van der Waals surface area (Å²) in [6.45, 7) is 0.998. The number of halogens is 3. The van der Waals surface area contributed by atoms with E-state index in [2.05, 4.69) is 5.32 Å². The second-order valence-electron chi connectivity index (χ2n) is 3.00. The minimum atomic E-state index is -4.37. The largest absolute Gasteiger partial charge is 0.405 e. The molecule has 0 rings (SSSR count). The Morgan fingerprint density at radius 2 is 2.07 bits per heavy atom. The zero-order chi connectivity index (χ0) is 11.9. The number of amides is 1. The van der Waals surface area contributed by atoms with Crippen molar-refractivity contribution in [2.24, 2.45) is 0 Å². The minimum absolute atomic E-state index is 0.400. The van der Waals surface area contributed by atoms with Crippen LogP contribution in [0.25, 0.3) is 0 Å². The van der Waals surface area contributed by atoms with Gasteiger partial charge in [0.1, 0.15) is 6.54 Å². The van der Waals surface area contributed by atoms with E-state index in [9.17, 15) is 18.0 Å². The molecule has 0 aliphatic rings. The molecule has 0 spiro atoms. The van der Waals surface area contributed by atoms with Gasteiger partial charge >= 0.3 is 6.18 Å². The Labute approximate surface area is 86.2 Å². The summed E-state index contributed by atoms with van der Waals surface area (Å²) in [5, 5.41) is 4.50. The third kappa shape index (κ3) is 8.19. The minimum Gasteiger partial charge on any atom is -0.383 e. The van der Waals surface area contributed by atoms with E-state index in [1.165, 1.54) is 14.0 Å². The molecule has 0 heterocycles. The summed E-state index contributed by atoms with van der Waals surface area (Å²) in [5.74, 6) is -0.677. The highest BCUT2D eigenvalue weighted by Crippen LogP contribution is 2.12. The molecular formula is C8H15F3N2O2. The van der Waals surface area contributed by atoms with Crippen LogP contribution in [0.4, 0.5) is 13.2 Å². The molecule has 15 heavy (non-hydrogen) atoms. The Morgan fingerprint density at radius 1 is 1.47 bits per heavy atom. The zero-order valence-corrected chi connectivity index (χ0v) is 8.65. The number of alkyl halides is 3. The summed E-state index contributed by atoms with van der Waals surface area (Å²) < 4.78 is 39.9. The van der Waals surface area contributed by atoms with E-state index in [0.29, 0.717) is 13.2 Å². The maximum atomic E-state index is 11.7. The van der Waals surface area contributed by atoms with Gasteiger partial charge in [0.15, 0.2) is 0 Å². The molecule has 0 saturated heterocycles. The molecule has 4 nitrogen and oxygen atoms in total. The van der Waals surface area contributed by atoms with Gasteiger partial charge in [0, 0.05) is 13.7 Å². The smallest absolute Gasteiger partial charge is 0.383 e. The fourth-order valence-electron chi connectivity index (χ4n) is 0.811. The summed E-state index contributed by atoms with van der Waals surface area (Å²) in [5.41, 5.74) is 0. The van der Waals surface area contributed by atoms with Crippen molar-refractivity contribution >= 4 is 5.91 Å². The van der Waals surface area contributed by atoms with Crippen molar-refractivity contribution in [3.8, 4) is 0 Å². The van der Waals surface area contributed by atoms with Crippen LogP contribution >= 0.6 is 0 Å². The van der Waals surface area contributed by atoms with E-state index in [1.807, 2.05) is 0 Å². The number of methoxy groups -OCH3 is 1. The number of carbonyl (C=O) groups excluding carboxylic acids is 1. The van der Waals surface area contributed by atoms with Crippen LogP contribution in [0, 0.1) is 0 Å². The van der Waals surface area contributed by atoms with Gasteiger partial charge in [-0.1, -0.05) is 0 Å². The highest BCUT2D eigenvalue weighted by molar-refractivity contribution is 5.81. The van der Waals surface area contributed by atoms with Gasteiger partial charge < -0.3 is 15.4 Å². The van der Waals surface area contributed by atoms with Crippen LogP contribution < -0.4 is 10.6 Å². The molecule has 0 aromatic carbocycles. The monoisotopic (exact) mass is 228 g/mol. The molecule has 0 aliphatic carbocycles. The van der Waals surface area contributed by atoms with Gasteiger partial charge in [-0.15, -0.1) is 0 Å². The molecule has 7 heteroatoms. The molecule has 0 aromatic rings. The van der Waals surface area contributed by atoms with Crippen LogP contribution in [0.1, 0.15) is 6.92 Å². The molecule has 0 radical (unpaired) electrons. The predicted molar refractivity (Wildman–Crippen MR) is 48.4 cm³/mol. The van der Waals surface area contributed by atoms with Gasteiger partial charge in [0.25, 0.3) is 0 Å². The fraction of sp³-hybridized carbons (Fsp3) is 0.875. The first-order valence-electron chi connectivity index (χ1n) is 4.43. The van der Waals surface area contributed by atoms with E-state index in [0.717, 1.165) is 0 Å². The maximum Gasteiger partial charge on any atom is 0.405 e. The lowest BCUT2D eigenvalue weighted by molar-refractivity contribution is -0.139. The van der Waals surface area contributed by atoms with Gasteiger partial charge in [-0.2, -0.15) is 13.2 Å². The van der Waals surface area contributed by atoms with Crippen LogP contribution in [0.5, 0.6) is 0 Å². The highest BCUT2D eigenvalue weighted by Gasteiger charge is 2.28. The summed E-state index contributed by atoms with van der Waals surface area (Å²) in [4.78, 5) is 11.1. The topological polar surface area (TPSA) is 50.4 Å². The second kappa shape index (κ2) is 6.62. The summed E-state index contributed by atoms with van der Waals surface area (Å²) in [6.07, 6.45) is -4.37. The average molecular weight is 228 g/mol. The highest BCUT2D eigenvalue weighted by atomic mass is 19.4. The van der Waals surface area contributed by atoms with Gasteiger partial charge in [0.05, 0.1) is 12.6 Å². The van der Waals surface area contributed by atoms with Crippen LogP contribution in [0.15, 0.2) is 0 Å². The number of ether oxygens (including phenoxy) is 1. The quantitative estimate of drug-likeness (QED) is 0.642. The Kier molecular flexibility index (Phi) is 6.26. The first-order chi connectivity index (χ1) is 6.87. The van der Waals surface area contributed by atoms with Crippen molar-refractivity contribution < 1.29 is 22.7 Å². The zero-order valence-electron chi connectivity index (χ0n) is 8.65. The summed E-state index contributed by atoms with van der Waals surface area (Å²) in [7, 11) is 1.50. The number of carbonyl (C=O) groups is 1. The Bertz CT molecular complexity index is 197. The molecule has 1 unspecified atom stereocenters. The lowest BCUT2D eigenvalue weighted by Crippen LogP contribution is -2.45. The second-order valence-corrected chi connectivity index (χ2v) is 3.00. The van der Waals surface area contributed by atoms with Gasteiger partial charge in [-0.3, -0.25) is 4.79 Å². The van der Waals surface area contributed by atoms with Crippen LogP contribution in [0.3, 0.4) is 0 Å². The molecule has 1 amide bonds. The van der Waals surface area contributed by atoms with Crippen molar-refractivity contribution in [3.05, 3.63) is 0 Å². The Hall–Kier alpha value is -0.820. The molecular weight excluding hydrogens is 213 g/mol. The lowest BCUT2D eigenvalue weighted by atomic mass is 10.3. The first-order valence-corrected chi connectivity index (χ1v) is 4.43. The number of hydrogen-bond acceptors (Lipinski definition) is 3. The fourth-order valence-corrected chi connectivity index (χ4v) is 0.811. The average Bonchev–Trinajstić information content (AvgIpc) is 2.13. The van der Waals surface area contributed by atoms with E-state index in [4.69, 9.17) is 4.74 Å². The third-order valence-corrected chi connectivity index (χ3v) is 1.61. The van der Waals surface area contributed by atoms with Crippen molar-refractivity contribution in [3.63, 3.8) is 0 Å². The Morgan fingerprint density at radius 3 is 2.53 bits per heavy atom. The summed E-state index contributed by atoms with van der Waals surface area (Å²) >= 11 is 0. The number of rotatable bonds is 6. The van der Waals surface area contributed by atoms with Gasteiger partial charge in [-0.05, 0) is 6.92 Å². The van der Waals surface area contributed by atoms with E-state index in [1.54, 1.807) is 5.32 Å². The van der Waals surface area contributed by atoms with Crippen LogP contribution in [-0.2, 0) is 9.53 Å². The lowest BCUT2D eigenvalue weighted by Gasteiger charge is -2.14. The SMILES string of the molecule is COCCNC(C)C(=O)NCC(F)(F)F.